The van der Waals surface area contributed by atoms with Crippen LogP contribution in [0.3, 0.4) is 0 Å². The number of amides is 1. The summed E-state index contributed by atoms with van der Waals surface area (Å²) < 4.78 is 11.0. The number of benzene rings is 2. The van der Waals surface area contributed by atoms with Crippen molar-refractivity contribution in [2.75, 3.05) is 7.11 Å². The molecule has 0 spiro atoms. The first kappa shape index (κ1) is 17.9. The summed E-state index contributed by atoms with van der Waals surface area (Å²) >= 11 is 0. The highest BCUT2D eigenvalue weighted by Crippen LogP contribution is 2.27. The molecule has 0 aliphatic rings. The van der Waals surface area contributed by atoms with Crippen molar-refractivity contribution in [2.24, 2.45) is 0 Å². The van der Waals surface area contributed by atoms with Gasteiger partial charge in [0.15, 0.2) is 17.6 Å². The molecule has 2 aromatic rings. The zero-order valence-corrected chi connectivity index (χ0v) is 14.7. The monoisotopic (exact) mass is 327 g/mol. The van der Waals surface area contributed by atoms with Gasteiger partial charge in [0.2, 0.25) is 0 Å². The molecule has 1 amide bonds. The standard InChI is InChI=1S/C20H25NO3/c1-15(24-18-13-9-8-12-17(18)23-4)19(22)21-20(2,3)14-16-10-6-5-7-11-16/h5-13,15H,14H2,1-4H3,(H,21,22)/t15-/m1/s1. The highest BCUT2D eigenvalue weighted by Gasteiger charge is 2.25. The van der Waals surface area contributed by atoms with Crippen LogP contribution >= 0.6 is 0 Å². The van der Waals surface area contributed by atoms with Crippen molar-refractivity contribution in [1.29, 1.82) is 0 Å². The van der Waals surface area contributed by atoms with Crippen molar-refractivity contribution >= 4 is 5.91 Å². The van der Waals surface area contributed by atoms with Crippen molar-refractivity contribution in [1.82, 2.24) is 5.32 Å². The average molecular weight is 327 g/mol. The third-order valence-electron chi connectivity index (χ3n) is 3.69. The lowest BCUT2D eigenvalue weighted by atomic mass is 9.94. The van der Waals surface area contributed by atoms with Crippen LogP contribution in [0.2, 0.25) is 0 Å². The Kier molecular flexibility index (Phi) is 5.85. The second kappa shape index (κ2) is 7.86. The molecule has 0 unspecified atom stereocenters. The van der Waals surface area contributed by atoms with Crippen molar-refractivity contribution < 1.29 is 14.3 Å². The summed E-state index contributed by atoms with van der Waals surface area (Å²) in [4.78, 5) is 12.5. The van der Waals surface area contributed by atoms with E-state index >= 15 is 0 Å². The van der Waals surface area contributed by atoms with E-state index in [2.05, 4.69) is 17.4 Å². The second-order valence-electron chi connectivity index (χ2n) is 6.45. The molecule has 1 atom stereocenters. The lowest BCUT2D eigenvalue weighted by Crippen LogP contribution is -2.49. The van der Waals surface area contributed by atoms with Crippen LogP contribution < -0.4 is 14.8 Å². The number of methoxy groups -OCH3 is 1. The number of carbonyl (C=O) groups excluding carboxylic acids is 1. The molecule has 0 aliphatic heterocycles. The van der Waals surface area contributed by atoms with E-state index in [1.165, 1.54) is 5.56 Å². The van der Waals surface area contributed by atoms with E-state index in [0.29, 0.717) is 11.5 Å². The second-order valence-corrected chi connectivity index (χ2v) is 6.45. The number of nitrogens with one attached hydrogen (secondary N) is 1. The fourth-order valence-electron chi connectivity index (χ4n) is 2.55. The Hall–Kier alpha value is -2.49. The predicted molar refractivity (Wildman–Crippen MR) is 95.5 cm³/mol. The zero-order chi connectivity index (χ0) is 17.6. The number of rotatable bonds is 7. The van der Waals surface area contributed by atoms with Gasteiger partial charge in [-0.3, -0.25) is 4.79 Å². The number of ether oxygens (including phenoxy) is 2. The van der Waals surface area contributed by atoms with Gasteiger partial charge in [0.05, 0.1) is 7.11 Å². The Bertz CT molecular complexity index is 668. The van der Waals surface area contributed by atoms with Crippen molar-refractivity contribution in [2.45, 2.75) is 38.8 Å². The van der Waals surface area contributed by atoms with Crippen molar-refractivity contribution in [3.63, 3.8) is 0 Å². The smallest absolute Gasteiger partial charge is 0.261 e. The molecule has 4 heteroatoms. The molecule has 24 heavy (non-hydrogen) atoms. The summed E-state index contributed by atoms with van der Waals surface area (Å²) in [7, 11) is 1.58. The fourth-order valence-corrected chi connectivity index (χ4v) is 2.55. The van der Waals surface area contributed by atoms with Gasteiger partial charge in [-0.1, -0.05) is 42.5 Å². The van der Waals surface area contributed by atoms with Crippen LogP contribution in [-0.2, 0) is 11.2 Å². The average Bonchev–Trinajstić information content (AvgIpc) is 2.55. The molecule has 4 nitrogen and oxygen atoms in total. The molecular weight excluding hydrogens is 302 g/mol. The van der Waals surface area contributed by atoms with Crippen LogP contribution in [0.4, 0.5) is 0 Å². The fraction of sp³-hybridized carbons (Fsp3) is 0.350. The van der Waals surface area contributed by atoms with E-state index < -0.39 is 6.10 Å². The van der Waals surface area contributed by atoms with Gasteiger partial charge in [0.1, 0.15) is 0 Å². The molecule has 0 radical (unpaired) electrons. The summed E-state index contributed by atoms with van der Waals surface area (Å²) in [6.45, 7) is 5.75. The molecule has 0 aliphatic carbocycles. The van der Waals surface area contributed by atoms with E-state index in [9.17, 15) is 4.79 Å². The van der Waals surface area contributed by atoms with Crippen LogP contribution in [-0.4, -0.2) is 24.7 Å². The first-order valence-corrected chi connectivity index (χ1v) is 8.07. The van der Waals surface area contributed by atoms with Crippen molar-refractivity contribution in [3.05, 3.63) is 60.2 Å². The summed E-state index contributed by atoms with van der Waals surface area (Å²) in [6.07, 6.45) is 0.136. The van der Waals surface area contributed by atoms with Crippen LogP contribution in [0, 0.1) is 0 Å². The molecule has 2 aromatic carbocycles. The molecule has 128 valence electrons. The maximum atomic E-state index is 12.5. The summed E-state index contributed by atoms with van der Waals surface area (Å²) in [5.74, 6) is 1.02. The molecular formula is C20H25NO3. The molecule has 0 saturated heterocycles. The molecule has 2 rings (SSSR count). The molecule has 0 saturated carbocycles. The van der Waals surface area contributed by atoms with Gasteiger partial charge in [-0.15, -0.1) is 0 Å². The number of hydrogen-bond acceptors (Lipinski definition) is 3. The van der Waals surface area contributed by atoms with Crippen LogP contribution in [0.5, 0.6) is 11.5 Å². The Morgan fingerprint density at radius 1 is 1.04 bits per heavy atom. The lowest BCUT2D eigenvalue weighted by Gasteiger charge is -2.28. The maximum absolute atomic E-state index is 12.5. The quantitative estimate of drug-likeness (QED) is 0.845. The minimum Gasteiger partial charge on any atom is -0.493 e. The molecule has 0 heterocycles. The van der Waals surface area contributed by atoms with Crippen molar-refractivity contribution in [3.8, 4) is 11.5 Å². The van der Waals surface area contributed by atoms with Gasteiger partial charge in [-0.2, -0.15) is 0 Å². The van der Waals surface area contributed by atoms with Crippen LogP contribution in [0.15, 0.2) is 54.6 Å². The maximum Gasteiger partial charge on any atom is 0.261 e. The highest BCUT2D eigenvalue weighted by molar-refractivity contribution is 5.81. The van der Waals surface area contributed by atoms with E-state index in [4.69, 9.17) is 9.47 Å². The Labute approximate surface area is 143 Å². The molecule has 0 fully saturated rings. The minimum absolute atomic E-state index is 0.151. The van der Waals surface area contributed by atoms with Gasteiger partial charge in [0.25, 0.3) is 5.91 Å². The van der Waals surface area contributed by atoms with Gasteiger partial charge in [-0.05, 0) is 44.9 Å². The SMILES string of the molecule is COc1ccccc1O[C@H](C)C(=O)NC(C)(C)Cc1ccccc1. The van der Waals surface area contributed by atoms with Gasteiger partial charge in [0, 0.05) is 5.54 Å². The van der Waals surface area contributed by atoms with E-state index in [1.54, 1.807) is 26.2 Å². The lowest BCUT2D eigenvalue weighted by molar-refractivity contribution is -0.128. The van der Waals surface area contributed by atoms with Gasteiger partial charge >= 0.3 is 0 Å². The normalized spacial score (nSPS) is 12.3. The zero-order valence-electron chi connectivity index (χ0n) is 14.7. The first-order valence-electron chi connectivity index (χ1n) is 8.07. The third kappa shape index (κ3) is 5.01. The number of hydrogen-bond donors (Lipinski definition) is 1. The molecule has 0 bridgehead atoms. The van der Waals surface area contributed by atoms with E-state index in [-0.39, 0.29) is 11.4 Å². The summed E-state index contributed by atoms with van der Waals surface area (Å²) in [5.41, 5.74) is 0.817. The molecule has 1 N–H and O–H groups in total. The third-order valence-corrected chi connectivity index (χ3v) is 3.69. The number of carbonyl (C=O) groups is 1. The summed E-state index contributed by atoms with van der Waals surface area (Å²) in [5, 5.41) is 3.06. The van der Waals surface area contributed by atoms with Crippen LogP contribution in [0.1, 0.15) is 26.3 Å². The topological polar surface area (TPSA) is 47.6 Å². The Morgan fingerprint density at radius 3 is 2.25 bits per heavy atom. The largest absolute Gasteiger partial charge is 0.493 e. The van der Waals surface area contributed by atoms with Crippen LogP contribution in [0.25, 0.3) is 0 Å². The Morgan fingerprint density at radius 2 is 1.62 bits per heavy atom. The first-order chi connectivity index (χ1) is 11.4. The van der Waals surface area contributed by atoms with Gasteiger partial charge in [-0.25, -0.2) is 0 Å². The van der Waals surface area contributed by atoms with Gasteiger partial charge < -0.3 is 14.8 Å². The number of para-hydroxylation sites is 2. The molecule has 0 aromatic heterocycles. The van der Waals surface area contributed by atoms with E-state index in [0.717, 1.165) is 6.42 Å². The Balaban J connectivity index is 1.97. The minimum atomic E-state index is -0.614. The summed E-state index contributed by atoms with van der Waals surface area (Å²) in [6, 6.07) is 17.4. The highest BCUT2D eigenvalue weighted by atomic mass is 16.5. The predicted octanol–water partition coefficient (Wildman–Crippen LogP) is 3.60. The van der Waals surface area contributed by atoms with E-state index in [1.807, 2.05) is 44.2 Å².